The lowest BCUT2D eigenvalue weighted by Gasteiger charge is -2.16. The summed E-state index contributed by atoms with van der Waals surface area (Å²) in [5.74, 6) is -2.82. The van der Waals surface area contributed by atoms with Crippen molar-refractivity contribution in [2.24, 2.45) is 5.73 Å². The highest BCUT2D eigenvalue weighted by molar-refractivity contribution is 5.98. The van der Waals surface area contributed by atoms with Crippen LogP contribution >= 0.6 is 0 Å². The summed E-state index contributed by atoms with van der Waals surface area (Å²) in [7, 11) is 0. The average molecular weight is 416 g/mol. The lowest BCUT2D eigenvalue weighted by atomic mass is 9.98. The largest absolute Gasteiger partial charge is 0.481 e. The zero-order chi connectivity index (χ0) is 22.3. The maximum atomic E-state index is 12.7. The Morgan fingerprint density at radius 1 is 1.07 bits per heavy atom. The second-order valence-corrected chi connectivity index (χ2v) is 6.55. The van der Waals surface area contributed by atoms with Crippen LogP contribution in [0.1, 0.15) is 40.0 Å². The number of aromatic nitrogens is 2. The molecule has 160 valence electrons. The van der Waals surface area contributed by atoms with Gasteiger partial charge in [0.2, 0.25) is 5.95 Å². The van der Waals surface area contributed by atoms with Gasteiger partial charge in [-0.1, -0.05) is 18.2 Å². The second kappa shape index (κ2) is 10.2. The molecule has 1 amide bonds. The number of nitrogen functional groups attached to an aromatic ring is 2. The van der Waals surface area contributed by atoms with E-state index in [1.165, 1.54) is 0 Å². The van der Waals surface area contributed by atoms with E-state index in [4.69, 9.17) is 22.3 Å². The maximum Gasteiger partial charge on any atom is 0.326 e. The summed E-state index contributed by atoms with van der Waals surface area (Å²) in [6.45, 7) is 0.123. The first-order chi connectivity index (χ1) is 14.2. The minimum Gasteiger partial charge on any atom is -0.481 e. The van der Waals surface area contributed by atoms with Crippen molar-refractivity contribution >= 4 is 29.6 Å². The average Bonchev–Trinajstić information content (AvgIpc) is 2.69. The fraction of sp³-hybridized carbons (Fsp3) is 0.316. The summed E-state index contributed by atoms with van der Waals surface area (Å²) >= 11 is 0. The van der Waals surface area contributed by atoms with Crippen LogP contribution in [-0.4, -0.2) is 44.1 Å². The highest BCUT2D eigenvalue weighted by Crippen LogP contribution is 2.19. The molecule has 9 N–H and O–H groups in total. The number of nitrogens with one attached hydrogen (secondary N) is 1. The van der Waals surface area contributed by atoms with Gasteiger partial charge in [0.25, 0.3) is 5.91 Å². The van der Waals surface area contributed by atoms with E-state index in [0.717, 1.165) is 0 Å². The lowest BCUT2D eigenvalue weighted by molar-refractivity contribution is -0.140. The number of hydrogen-bond acceptors (Lipinski definition) is 8. The Morgan fingerprint density at radius 2 is 1.77 bits per heavy atom. The van der Waals surface area contributed by atoms with E-state index in [1.807, 2.05) is 0 Å². The van der Waals surface area contributed by atoms with Crippen molar-refractivity contribution in [1.82, 2.24) is 15.3 Å². The van der Waals surface area contributed by atoms with Gasteiger partial charge in [-0.25, -0.2) is 9.78 Å². The van der Waals surface area contributed by atoms with E-state index in [-0.39, 0.29) is 36.7 Å². The van der Waals surface area contributed by atoms with Crippen molar-refractivity contribution in [3.05, 3.63) is 46.6 Å². The van der Waals surface area contributed by atoms with Crippen molar-refractivity contribution in [2.45, 2.75) is 38.3 Å². The number of nitrogens with two attached hydrogens (primary N) is 3. The molecule has 1 aromatic carbocycles. The van der Waals surface area contributed by atoms with Gasteiger partial charge < -0.3 is 32.7 Å². The van der Waals surface area contributed by atoms with Crippen molar-refractivity contribution < 1.29 is 24.6 Å². The predicted molar refractivity (Wildman–Crippen MR) is 108 cm³/mol. The molecule has 0 bridgehead atoms. The van der Waals surface area contributed by atoms with Gasteiger partial charge >= 0.3 is 11.9 Å². The van der Waals surface area contributed by atoms with Gasteiger partial charge in [0.05, 0.1) is 5.69 Å². The van der Waals surface area contributed by atoms with Crippen LogP contribution in [0, 0.1) is 0 Å². The Balaban J connectivity index is 2.19. The smallest absolute Gasteiger partial charge is 0.326 e. The molecule has 1 atom stereocenters. The van der Waals surface area contributed by atoms with Gasteiger partial charge in [0, 0.05) is 24.1 Å². The Labute approximate surface area is 172 Å². The van der Waals surface area contributed by atoms with E-state index in [2.05, 4.69) is 15.3 Å². The van der Waals surface area contributed by atoms with Gasteiger partial charge in [-0.05, 0) is 30.9 Å². The SMILES string of the molecule is NCc1nc(N)nc(N)c1CCc1ccccc1C(=O)N[C@@H](CCC(=O)O)C(=O)O. The van der Waals surface area contributed by atoms with Gasteiger partial charge in [-0.3, -0.25) is 9.59 Å². The van der Waals surface area contributed by atoms with Crippen molar-refractivity contribution in [3.63, 3.8) is 0 Å². The summed E-state index contributed by atoms with van der Waals surface area (Å²) in [5.41, 5.74) is 19.3. The third-order valence-electron chi connectivity index (χ3n) is 4.49. The fourth-order valence-corrected chi connectivity index (χ4v) is 2.99. The molecule has 1 aromatic heterocycles. The summed E-state index contributed by atoms with van der Waals surface area (Å²) in [4.78, 5) is 42.8. The molecule has 0 spiro atoms. The third-order valence-corrected chi connectivity index (χ3v) is 4.49. The number of nitrogens with zero attached hydrogens (tertiary/aromatic N) is 2. The number of carboxylic acid groups (broad SMARTS) is 2. The molecule has 0 radical (unpaired) electrons. The van der Waals surface area contributed by atoms with Gasteiger partial charge in [0.1, 0.15) is 11.9 Å². The van der Waals surface area contributed by atoms with Crippen LogP contribution in [-0.2, 0) is 29.0 Å². The molecule has 0 unspecified atom stereocenters. The van der Waals surface area contributed by atoms with Gasteiger partial charge in [0.15, 0.2) is 0 Å². The summed E-state index contributed by atoms with van der Waals surface area (Å²) in [5, 5.41) is 20.4. The molecule has 0 aliphatic heterocycles. The molecular weight excluding hydrogens is 392 g/mol. The fourth-order valence-electron chi connectivity index (χ4n) is 2.99. The monoisotopic (exact) mass is 416 g/mol. The van der Waals surface area contributed by atoms with E-state index >= 15 is 0 Å². The van der Waals surface area contributed by atoms with Crippen LogP contribution in [0.4, 0.5) is 11.8 Å². The maximum absolute atomic E-state index is 12.7. The summed E-state index contributed by atoms with van der Waals surface area (Å²) < 4.78 is 0. The summed E-state index contributed by atoms with van der Waals surface area (Å²) in [6, 6.07) is 5.38. The Hall–Kier alpha value is -3.73. The normalized spacial score (nSPS) is 11.6. The van der Waals surface area contributed by atoms with E-state index in [9.17, 15) is 19.5 Å². The van der Waals surface area contributed by atoms with Crippen LogP contribution in [0.3, 0.4) is 0 Å². The van der Waals surface area contributed by atoms with Gasteiger partial charge in [-0.15, -0.1) is 0 Å². The first-order valence-corrected chi connectivity index (χ1v) is 9.17. The Bertz CT molecular complexity index is 949. The number of anilines is 2. The standard InChI is InChI=1S/C19H24N6O5/c20-9-14-12(16(21)25-19(22)24-14)6-5-10-3-1-2-4-11(10)17(28)23-13(18(29)30)7-8-15(26)27/h1-4,13H,5-9,20H2,(H,23,28)(H,26,27)(H,29,30)(H4,21,22,24,25)/t13-/m0/s1. The molecule has 1 heterocycles. The highest BCUT2D eigenvalue weighted by atomic mass is 16.4. The Kier molecular flexibility index (Phi) is 7.64. The van der Waals surface area contributed by atoms with Crippen molar-refractivity contribution in [3.8, 4) is 0 Å². The topological polar surface area (TPSA) is 208 Å². The molecule has 0 aliphatic carbocycles. The zero-order valence-corrected chi connectivity index (χ0v) is 16.2. The predicted octanol–water partition coefficient (Wildman–Crippen LogP) is -0.0673. The molecule has 2 aromatic rings. The number of aryl methyl sites for hydroxylation is 1. The molecule has 11 heteroatoms. The molecule has 0 fully saturated rings. The van der Waals surface area contributed by atoms with E-state index in [1.54, 1.807) is 24.3 Å². The zero-order valence-electron chi connectivity index (χ0n) is 16.2. The van der Waals surface area contributed by atoms with Gasteiger partial charge in [-0.2, -0.15) is 4.98 Å². The molecule has 0 saturated carbocycles. The Morgan fingerprint density at radius 3 is 2.40 bits per heavy atom. The second-order valence-electron chi connectivity index (χ2n) is 6.55. The highest BCUT2D eigenvalue weighted by Gasteiger charge is 2.23. The van der Waals surface area contributed by atoms with Crippen molar-refractivity contribution in [1.29, 1.82) is 0 Å². The first kappa shape index (κ1) is 22.6. The molecule has 11 nitrogen and oxygen atoms in total. The number of amides is 1. The van der Waals surface area contributed by atoms with Crippen LogP contribution in [0.5, 0.6) is 0 Å². The minimum atomic E-state index is -1.31. The van der Waals surface area contributed by atoms with Crippen LogP contribution < -0.4 is 22.5 Å². The number of hydrogen-bond donors (Lipinski definition) is 6. The van der Waals surface area contributed by atoms with Crippen LogP contribution in [0.2, 0.25) is 0 Å². The van der Waals surface area contributed by atoms with Crippen LogP contribution in [0.25, 0.3) is 0 Å². The number of carbonyl (C=O) groups is 3. The first-order valence-electron chi connectivity index (χ1n) is 9.17. The molecule has 30 heavy (non-hydrogen) atoms. The molecule has 2 rings (SSSR count). The quantitative estimate of drug-likeness (QED) is 0.304. The minimum absolute atomic E-state index is 0.0255. The number of benzene rings is 1. The number of carbonyl (C=O) groups excluding carboxylic acids is 1. The van der Waals surface area contributed by atoms with Crippen molar-refractivity contribution in [2.75, 3.05) is 11.5 Å². The molecular formula is C19H24N6O5. The summed E-state index contributed by atoms with van der Waals surface area (Å²) in [6.07, 6.45) is 0.181. The molecule has 0 aliphatic rings. The number of rotatable bonds is 10. The molecule has 0 saturated heterocycles. The number of carboxylic acids is 2. The van der Waals surface area contributed by atoms with Crippen LogP contribution in [0.15, 0.2) is 24.3 Å². The van der Waals surface area contributed by atoms with E-state index in [0.29, 0.717) is 29.7 Å². The lowest BCUT2D eigenvalue weighted by Crippen LogP contribution is -2.41. The van der Waals surface area contributed by atoms with E-state index < -0.39 is 23.9 Å². The number of aliphatic carboxylic acids is 2. The third kappa shape index (κ3) is 5.88.